The summed E-state index contributed by atoms with van der Waals surface area (Å²) in [5.74, 6) is -0.469. The molecule has 0 spiro atoms. The molecule has 1 fully saturated rings. The predicted octanol–water partition coefficient (Wildman–Crippen LogP) is 3.22. The van der Waals surface area contributed by atoms with Crippen LogP contribution in [0.4, 0.5) is 5.69 Å². The highest BCUT2D eigenvalue weighted by Crippen LogP contribution is 2.29. The van der Waals surface area contributed by atoms with Gasteiger partial charge in [-0.15, -0.1) is 0 Å². The van der Waals surface area contributed by atoms with Gasteiger partial charge in [-0.05, 0) is 30.9 Å². The van der Waals surface area contributed by atoms with E-state index in [9.17, 15) is 9.59 Å². The Kier molecular flexibility index (Phi) is 4.58. The summed E-state index contributed by atoms with van der Waals surface area (Å²) in [4.78, 5) is 26.7. The number of piperidine rings is 1. The molecule has 1 amide bonds. The van der Waals surface area contributed by atoms with Crippen molar-refractivity contribution in [2.24, 2.45) is 11.8 Å². The molecule has 20 heavy (non-hydrogen) atoms. The highest BCUT2D eigenvalue weighted by Gasteiger charge is 2.35. The fourth-order valence-corrected chi connectivity index (χ4v) is 2.85. The molecule has 2 rings (SSSR count). The number of nitrogens with zero attached hydrogens (tertiary/aromatic N) is 1. The van der Waals surface area contributed by atoms with Crippen molar-refractivity contribution in [1.29, 1.82) is 0 Å². The lowest BCUT2D eigenvalue weighted by Gasteiger charge is -2.33. The Morgan fingerprint density at radius 1 is 1.35 bits per heavy atom. The lowest BCUT2D eigenvalue weighted by atomic mass is 9.87. The number of carbonyl (C=O) groups is 2. The smallest absolute Gasteiger partial charge is 0.237 e. The Labute approximate surface area is 121 Å². The van der Waals surface area contributed by atoms with Crippen molar-refractivity contribution >= 4 is 17.4 Å². The van der Waals surface area contributed by atoms with Gasteiger partial charge in [0.15, 0.2) is 0 Å². The van der Waals surface area contributed by atoms with Crippen LogP contribution in [0.3, 0.4) is 0 Å². The fraction of sp³-hybridized carbons (Fsp3) is 0.529. The summed E-state index contributed by atoms with van der Waals surface area (Å²) in [6.45, 7) is 6.55. The molecule has 108 valence electrons. The number of carbonyl (C=O) groups excluding carboxylic acids is 2. The molecule has 0 aromatic heterocycles. The van der Waals surface area contributed by atoms with Crippen LogP contribution in [0.1, 0.15) is 39.2 Å². The summed E-state index contributed by atoms with van der Waals surface area (Å²) in [5.41, 5.74) is 2.14. The highest BCUT2D eigenvalue weighted by atomic mass is 16.2. The second-order valence-electron chi connectivity index (χ2n) is 5.72. The van der Waals surface area contributed by atoms with Gasteiger partial charge in [0.25, 0.3) is 0 Å². The Bertz CT molecular complexity index is 507. The maximum absolute atomic E-state index is 12.6. The van der Waals surface area contributed by atoms with Crippen LogP contribution in [0.2, 0.25) is 0 Å². The largest absolute Gasteiger partial charge is 0.312 e. The summed E-state index contributed by atoms with van der Waals surface area (Å²) in [6.07, 6.45) is 2.48. The Hall–Kier alpha value is -1.64. The summed E-state index contributed by atoms with van der Waals surface area (Å²) in [5, 5.41) is 0. The second-order valence-corrected chi connectivity index (χ2v) is 5.72. The van der Waals surface area contributed by atoms with Crippen LogP contribution in [0.5, 0.6) is 0 Å². The third kappa shape index (κ3) is 2.77. The molecule has 1 unspecified atom stereocenters. The van der Waals surface area contributed by atoms with E-state index < -0.39 is 5.92 Å². The van der Waals surface area contributed by atoms with Gasteiger partial charge in [0.2, 0.25) is 5.91 Å². The normalized spacial score (nSPS) is 19.5. The first kappa shape index (κ1) is 14.8. The van der Waals surface area contributed by atoms with E-state index in [1.807, 2.05) is 36.9 Å². The van der Waals surface area contributed by atoms with Gasteiger partial charge in [-0.1, -0.05) is 39.0 Å². The zero-order valence-electron chi connectivity index (χ0n) is 12.6. The standard InChI is InChI=1S/C17H23NO2/c1-4-13-8-5-6-10-15(13)18-11-7-9-14(17(18)20)16(19)12(2)3/h5-6,8,10,12,14H,4,7,9,11H2,1-3H3. The number of rotatable bonds is 4. The molecule has 0 aliphatic carbocycles. The van der Waals surface area contributed by atoms with Crippen molar-refractivity contribution in [2.45, 2.75) is 40.0 Å². The lowest BCUT2D eigenvalue weighted by Crippen LogP contribution is -2.45. The molecule has 1 aliphatic rings. The van der Waals surface area contributed by atoms with Crippen molar-refractivity contribution in [2.75, 3.05) is 11.4 Å². The van der Waals surface area contributed by atoms with Crippen LogP contribution >= 0.6 is 0 Å². The van der Waals surface area contributed by atoms with Crippen LogP contribution < -0.4 is 4.90 Å². The minimum atomic E-state index is -0.450. The van der Waals surface area contributed by atoms with E-state index in [2.05, 4.69) is 13.0 Å². The zero-order valence-corrected chi connectivity index (χ0v) is 12.6. The van der Waals surface area contributed by atoms with E-state index in [4.69, 9.17) is 0 Å². The monoisotopic (exact) mass is 273 g/mol. The van der Waals surface area contributed by atoms with Gasteiger partial charge in [-0.3, -0.25) is 9.59 Å². The van der Waals surface area contributed by atoms with Gasteiger partial charge in [-0.2, -0.15) is 0 Å². The van der Waals surface area contributed by atoms with E-state index in [1.54, 1.807) is 0 Å². The molecule has 0 bridgehead atoms. The number of benzene rings is 1. The van der Waals surface area contributed by atoms with Crippen molar-refractivity contribution in [3.05, 3.63) is 29.8 Å². The summed E-state index contributed by atoms with van der Waals surface area (Å²) in [7, 11) is 0. The zero-order chi connectivity index (χ0) is 14.7. The molecule has 3 nitrogen and oxygen atoms in total. The lowest BCUT2D eigenvalue weighted by molar-refractivity contribution is -0.135. The second kappa shape index (κ2) is 6.21. The summed E-state index contributed by atoms with van der Waals surface area (Å²) >= 11 is 0. The first-order valence-electron chi connectivity index (χ1n) is 7.49. The van der Waals surface area contributed by atoms with Crippen molar-refractivity contribution in [1.82, 2.24) is 0 Å². The number of Topliss-reactive ketones (excluding diaryl/α,β-unsaturated/α-hetero) is 1. The maximum Gasteiger partial charge on any atom is 0.237 e. The molecule has 1 aromatic carbocycles. The van der Waals surface area contributed by atoms with Gasteiger partial charge < -0.3 is 4.90 Å². The average molecular weight is 273 g/mol. The van der Waals surface area contributed by atoms with Crippen LogP contribution in [-0.2, 0) is 16.0 Å². The van der Waals surface area contributed by atoms with Gasteiger partial charge in [-0.25, -0.2) is 0 Å². The number of para-hydroxylation sites is 1. The SMILES string of the molecule is CCc1ccccc1N1CCCC(C(=O)C(C)C)C1=O. The third-order valence-corrected chi connectivity index (χ3v) is 4.01. The van der Waals surface area contributed by atoms with Crippen LogP contribution in [-0.4, -0.2) is 18.2 Å². The van der Waals surface area contributed by atoms with Gasteiger partial charge in [0.1, 0.15) is 5.78 Å². The number of aryl methyl sites for hydroxylation is 1. The number of hydrogen-bond donors (Lipinski definition) is 0. The first-order chi connectivity index (χ1) is 9.56. The number of anilines is 1. The van der Waals surface area contributed by atoms with E-state index >= 15 is 0 Å². The fourth-order valence-electron chi connectivity index (χ4n) is 2.85. The maximum atomic E-state index is 12.6. The third-order valence-electron chi connectivity index (χ3n) is 4.01. The van der Waals surface area contributed by atoms with Gasteiger partial charge in [0, 0.05) is 18.2 Å². The molecular weight excluding hydrogens is 250 g/mol. The van der Waals surface area contributed by atoms with Crippen molar-refractivity contribution in [3.8, 4) is 0 Å². The topological polar surface area (TPSA) is 37.4 Å². The van der Waals surface area contributed by atoms with E-state index in [-0.39, 0.29) is 17.6 Å². The number of ketones is 1. The molecule has 0 N–H and O–H groups in total. The van der Waals surface area contributed by atoms with Crippen LogP contribution in [0, 0.1) is 11.8 Å². The van der Waals surface area contributed by atoms with E-state index in [1.165, 1.54) is 5.56 Å². The molecule has 1 saturated heterocycles. The van der Waals surface area contributed by atoms with Crippen LogP contribution in [0.15, 0.2) is 24.3 Å². The molecule has 1 atom stereocenters. The minimum Gasteiger partial charge on any atom is -0.312 e. The Balaban J connectivity index is 2.29. The van der Waals surface area contributed by atoms with Gasteiger partial charge >= 0.3 is 0 Å². The molecule has 3 heteroatoms. The Morgan fingerprint density at radius 3 is 2.70 bits per heavy atom. The average Bonchev–Trinajstić information content (AvgIpc) is 2.46. The van der Waals surface area contributed by atoms with Crippen molar-refractivity contribution in [3.63, 3.8) is 0 Å². The van der Waals surface area contributed by atoms with Crippen LogP contribution in [0.25, 0.3) is 0 Å². The minimum absolute atomic E-state index is 0.0177. The Morgan fingerprint density at radius 2 is 2.05 bits per heavy atom. The van der Waals surface area contributed by atoms with Crippen molar-refractivity contribution < 1.29 is 9.59 Å². The quantitative estimate of drug-likeness (QED) is 0.790. The van der Waals surface area contributed by atoms with Gasteiger partial charge in [0.05, 0.1) is 5.92 Å². The molecule has 0 radical (unpaired) electrons. The summed E-state index contributed by atoms with van der Waals surface area (Å²) in [6, 6.07) is 7.98. The first-order valence-corrected chi connectivity index (χ1v) is 7.49. The predicted molar refractivity (Wildman–Crippen MR) is 80.7 cm³/mol. The number of amides is 1. The molecule has 1 aromatic rings. The summed E-state index contributed by atoms with van der Waals surface area (Å²) < 4.78 is 0. The van der Waals surface area contributed by atoms with E-state index in [0.717, 1.165) is 25.1 Å². The van der Waals surface area contributed by atoms with E-state index in [0.29, 0.717) is 6.42 Å². The number of hydrogen-bond acceptors (Lipinski definition) is 2. The highest BCUT2D eigenvalue weighted by molar-refractivity contribution is 6.09. The molecule has 1 heterocycles. The molecule has 0 saturated carbocycles. The molecule has 1 aliphatic heterocycles. The molecular formula is C17H23NO2.